The Balaban J connectivity index is 1.82. The predicted molar refractivity (Wildman–Crippen MR) is 137 cm³/mol. The molecule has 0 saturated heterocycles. The van der Waals surface area contributed by atoms with E-state index in [1.54, 1.807) is 22.7 Å². The molecule has 2 amide bonds. The molecule has 1 aromatic carbocycles. The number of amides is 2. The number of nitrogens with zero attached hydrogens (tertiary/aromatic N) is 1. The molecule has 0 spiro atoms. The summed E-state index contributed by atoms with van der Waals surface area (Å²) in [4.78, 5) is 30.7. The van der Waals surface area contributed by atoms with Crippen molar-refractivity contribution >= 4 is 66.3 Å². The zero-order chi connectivity index (χ0) is 22.1. The number of fused-ring (bicyclic) bond motifs is 1. The van der Waals surface area contributed by atoms with Crippen LogP contribution in [0.1, 0.15) is 60.2 Å². The summed E-state index contributed by atoms with van der Waals surface area (Å²) in [5.74, 6) is 0.0136. The predicted octanol–water partition coefficient (Wildman–Crippen LogP) is 8.48. The van der Waals surface area contributed by atoms with Gasteiger partial charge in [-0.3, -0.25) is 14.5 Å². The molecule has 0 fully saturated rings. The third-order valence-electron chi connectivity index (χ3n) is 5.78. The lowest BCUT2D eigenvalue weighted by atomic mass is 9.96. The summed E-state index contributed by atoms with van der Waals surface area (Å²) in [5.41, 5.74) is 2.78. The molecule has 162 valence electrons. The van der Waals surface area contributed by atoms with E-state index in [9.17, 15) is 9.59 Å². The smallest absolute Gasteiger partial charge is 0.262 e. The highest BCUT2D eigenvalue weighted by atomic mass is 79.9. The molecule has 0 bridgehead atoms. The van der Waals surface area contributed by atoms with Crippen molar-refractivity contribution in [1.29, 1.82) is 0 Å². The summed E-state index contributed by atoms with van der Waals surface area (Å²) >= 11 is 10.2. The van der Waals surface area contributed by atoms with Crippen LogP contribution in [0.4, 0.5) is 0 Å². The Kier molecular flexibility index (Phi) is 7.16. The van der Waals surface area contributed by atoms with Gasteiger partial charge in [-0.1, -0.05) is 45.2 Å². The van der Waals surface area contributed by atoms with Gasteiger partial charge in [0.2, 0.25) is 0 Å². The molecular formula is C24H23Br2NO2S2. The van der Waals surface area contributed by atoms with Gasteiger partial charge in [-0.15, -0.1) is 22.7 Å². The molecule has 4 rings (SSSR count). The standard InChI is InChI=1S/C24H23Br2NO2S2/c1-3-5-6-14(4-2)13-27-23(28)21-15(17-9-11-19(25)30-17)7-8-16(22(21)24(27)29)18-10-12-20(26)31-18/h7-12,14H,3-6,13H2,1-2H3. The number of imide groups is 1. The number of carbonyl (C=O) groups excluding carboxylic acids is 2. The zero-order valence-electron chi connectivity index (χ0n) is 17.4. The number of thiophene rings is 2. The minimum absolute atomic E-state index is 0.160. The topological polar surface area (TPSA) is 37.4 Å². The first-order chi connectivity index (χ1) is 14.9. The first-order valence-electron chi connectivity index (χ1n) is 10.5. The first kappa shape index (κ1) is 22.9. The second-order valence-electron chi connectivity index (χ2n) is 7.76. The van der Waals surface area contributed by atoms with Crippen LogP contribution in [0.15, 0.2) is 44.0 Å². The quantitative estimate of drug-likeness (QED) is 0.250. The fraction of sp³-hybridized carbons (Fsp3) is 0.333. The van der Waals surface area contributed by atoms with Crippen LogP contribution in [-0.4, -0.2) is 23.3 Å². The molecule has 7 heteroatoms. The number of unbranched alkanes of at least 4 members (excludes halogenated alkanes) is 1. The summed E-state index contributed by atoms with van der Waals surface area (Å²) in [6.07, 6.45) is 4.23. The normalized spacial score (nSPS) is 14.4. The van der Waals surface area contributed by atoms with Crippen molar-refractivity contribution in [3.05, 3.63) is 55.1 Å². The van der Waals surface area contributed by atoms with E-state index in [4.69, 9.17) is 0 Å². The minimum Gasteiger partial charge on any atom is -0.274 e. The molecule has 1 aliphatic rings. The summed E-state index contributed by atoms with van der Waals surface area (Å²) in [5, 5.41) is 0. The molecule has 0 N–H and O–H groups in total. The monoisotopic (exact) mass is 579 g/mol. The van der Waals surface area contributed by atoms with Gasteiger partial charge in [0.05, 0.1) is 18.7 Å². The maximum absolute atomic E-state index is 13.6. The molecule has 3 nitrogen and oxygen atoms in total. The summed E-state index contributed by atoms with van der Waals surface area (Å²) < 4.78 is 2.00. The van der Waals surface area contributed by atoms with E-state index in [2.05, 4.69) is 45.7 Å². The van der Waals surface area contributed by atoms with Gasteiger partial charge in [0.1, 0.15) is 0 Å². The molecule has 0 saturated carbocycles. The maximum Gasteiger partial charge on any atom is 0.262 e. The molecule has 1 atom stereocenters. The van der Waals surface area contributed by atoms with Crippen molar-refractivity contribution in [3.8, 4) is 20.9 Å². The Morgan fingerprint density at radius 1 is 0.839 bits per heavy atom. The number of halogens is 2. The molecular weight excluding hydrogens is 558 g/mol. The van der Waals surface area contributed by atoms with Crippen LogP contribution in [0.3, 0.4) is 0 Å². The average Bonchev–Trinajstić information content (AvgIpc) is 3.45. The molecule has 3 aromatic rings. The lowest BCUT2D eigenvalue weighted by Gasteiger charge is -2.21. The molecule has 0 radical (unpaired) electrons. The fourth-order valence-electron chi connectivity index (χ4n) is 4.08. The van der Waals surface area contributed by atoms with E-state index in [-0.39, 0.29) is 11.8 Å². The fourth-order valence-corrected chi connectivity index (χ4v) is 6.91. The van der Waals surface area contributed by atoms with Gasteiger partial charge in [-0.25, -0.2) is 0 Å². The SMILES string of the molecule is CCCCC(CC)CN1C(=O)c2c(-c3ccc(Br)s3)ccc(-c3ccc(Br)s3)c2C1=O. The Hall–Kier alpha value is -1.28. The van der Waals surface area contributed by atoms with Crippen LogP contribution in [0.2, 0.25) is 0 Å². The van der Waals surface area contributed by atoms with Crippen molar-refractivity contribution in [2.45, 2.75) is 39.5 Å². The van der Waals surface area contributed by atoms with Gasteiger partial charge in [0, 0.05) is 27.4 Å². The third-order valence-corrected chi connectivity index (χ3v) is 9.10. The number of benzene rings is 1. The van der Waals surface area contributed by atoms with Gasteiger partial charge in [-0.05, 0) is 68.5 Å². The highest BCUT2D eigenvalue weighted by molar-refractivity contribution is 9.11. The van der Waals surface area contributed by atoms with Crippen molar-refractivity contribution in [2.24, 2.45) is 5.92 Å². The number of rotatable bonds is 8. The van der Waals surface area contributed by atoms with E-state index < -0.39 is 0 Å². The molecule has 2 aromatic heterocycles. The van der Waals surface area contributed by atoms with Gasteiger partial charge in [0.25, 0.3) is 11.8 Å². The molecule has 3 heterocycles. The lowest BCUT2D eigenvalue weighted by Crippen LogP contribution is -2.34. The molecule has 0 aliphatic carbocycles. The van der Waals surface area contributed by atoms with Crippen LogP contribution >= 0.6 is 54.5 Å². The van der Waals surface area contributed by atoms with Gasteiger partial charge >= 0.3 is 0 Å². The summed E-state index contributed by atoms with van der Waals surface area (Å²) in [6, 6.07) is 11.9. The van der Waals surface area contributed by atoms with E-state index in [0.717, 1.165) is 54.1 Å². The van der Waals surface area contributed by atoms with Gasteiger partial charge < -0.3 is 0 Å². The van der Waals surface area contributed by atoms with Crippen molar-refractivity contribution in [2.75, 3.05) is 6.54 Å². The minimum atomic E-state index is -0.160. The summed E-state index contributed by atoms with van der Waals surface area (Å²) in [6.45, 7) is 4.80. The van der Waals surface area contributed by atoms with Crippen LogP contribution in [0, 0.1) is 5.92 Å². The zero-order valence-corrected chi connectivity index (χ0v) is 22.2. The second-order valence-corrected chi connectivity index (χ2v) is 12.7. The number of carbonyl (C=O) groups is 2. The number of hydrogen-bond donors (Lipinski definition) is 0. The second kappa shape index (κ2) is 9.69. The molecule has 1 unspecified atom stereocenters. The Morgan fingerprint density at radius 2 is 1.35 bits per heavy atom. The van der Waals surface area contributed by atoms with E-state index in [1.165, 1.54) is 4.90 Å². The van der Waals surface area contributed by atoms with Crippen LogP contribution < -0.4 is 0 Å². The average molecular weight is 581 g/mol. The highest BCUT2D eigenvalue weighted by Gasteiger charge is 2.40. The first-order valence-corrected chi connectivity index (χ1v) is 13.7. The largest absolute Gasteiger partial charge is 0.274 e. The van der Waals surface area contributed by atoms with E-state index in [0.29, 0.717) is 23.6 Å². The Bertz CT molecular complexity index is 1060. The van der Waals surface area contributed by atoms with Crippen molar-refractivity contribution in [3.63, 3.8) is 0 Å². The summed E-state index contributed by atoms with van der Waals surface area (Å²) in [7, 11) is 0. The highest BCUT2D eigenvalue weighted by Crippen LogP contribution is 2.43. The molecule has 31 heavy (non-hydrogen) atoms. The van der Waals surface area contributed by atoms with E-state index >= 15 is 0 Å². The lowest BCUT2D eigenvalue weighted by molar-refractivity contribution is 0.0625. The van der Waals surface area contributed by atoms with Gasteiger partial charge in [0.15, 0.2) is 0 Å². The maximum atomic E-state index is 13.6. The third kappa shape index (κ3) is 4.47. The van der Waals surface area contributed by atoms with Crippen LogP contribution in [0.25, 0.3) is 20.9 Å². The van der Waals surface area contributed by atoms with E-state index in [1.807, 2.05) is 36.4 Å². The van der Waals surface area contributed by atoms with Crippen molar-refractivity contribution in [1.82, 2.24) is 4.90 Å². The Morgan fingerprint density at radius 3 is 1.74 bits per heavy atom. The van der Waals surface area contributed by atoms with Crippen molar-refractivity contribution < 1.29 is 9.59 Å². The number of hydrogen-bond acceptors (Lipinski definition) is 4. The van der Waals surface area contributed by atoms with Crippen LogP contribution in [-0.2, 0) is 0 Å². The van der Waals surface area contributed by atoms with Gasteiger partial charge in [-0.2, -0.15) is 0 Å². The molecule has 1 aliphatic heterocycles. The van der Waals surface area contributed by atoms with Crippen LogP contribution in [0.5, 0.6) is 0 Å². The Labute approximate surface area is 207 Å².